The van der Waals surface area contributed by atoms with Crippen LogP contribution in [0.1, 0.15) is 54.0 Å². The van der Waals surface area contributed by atoms with Crippen LogP contribution < -0.4 is 10.0 Å². The van der Waals surface area contributed by atoms with E-state index in [4.69, 9.17) is 5.10 Å². The van der Waals surface area contributed by atoms with E-state index < -0.39 is 0 Å². The average molecular weight is 357 g/mol. The maximum Gasteiger partial charge on any atom is 0.124 e. The molecular formula is C20H32N6. The van der Waals surface area contributed by atoms with E-state index in [9.17, 15) is 0 Å². The monoisotopic (exact) mass is 356 g/mol. The van der Waals surface area contributed by atoms with Crippen LogP contribution in [-0.2, 0) is 0 Å². The van der Waals surface area contributed by atoms with E-state index in [0.717, 1.165) is 17.2 Å². The molecule has 2 atom stereocenters. The summed E-state index contributed by atoms with van der Waals surface area (Å²) in [6, 6.07) is 7.25. The van der Waals surface area contributed by atoms with E-state index in [0.29, 0.717) is 12.1 Å². The van der Waals surface area contributed by atoms with Crippen molar-refractivity contribution in [1.29, 1.82) is 0 Å². The molecule has 0 N–H and O–H groups in total. The smallest absolute Gasteiger partial charge is 0.124 e. The lowest BCUT2D eigenvalue weighted by molar-refractivity contribution is 0.293. The number of nitrogens with zero attached hydrogens (tertiary/aromatic N) is 6. The Labute approximate surface area is 157 Å². The molecule has 0 unspecified atom stereocenters. The van der Waals surface area contributed by atoms with Gasteiger partial charge < -0.3 is 9.80 Å². The number of hydrogen-bond donors (Lipinski definition) is 0. The van der Waals surface area contributed by atoms with Crippen molar-refractivity contribution >= 4 is 23.5 Å². The second kappa shape index (κ2) is 6.82. The summed E-state index contributed by atoms with van der Waals surface area (Å²) in [5, 5.41) is 13.8. The van der Waals surface area contributed by atoms with Crippen LogP contribution in [-0.4, -0.2) is 46.4 Å². The fraction of sp³-hybridized carbons (Fsp3) is 0.600. The lowest BCUT2D eigenvalue weighted by atomic mass is 10.1. The third-order valence-corrected chi connectivity index (χ3v) is 5.40. The number of anilines is 2. The molecule has 0 fully saturated rings. The first-order valence-electron chi connectivity index (χ1n) is 9.57. The highest BCUT2D eigenvalue weighted by molar-refractivity contribution is 5.85. The summed E-state index contributed by atoms with van der Waals surface area (Å²) in [7, 11) is 0. The van der Waals surface area contributed by atoms with Crippen LogP contribution in [0.2, 0.25) is 0 Å². The molecule has 0 aliphatic carbocycles. The molecule has 6 heteroatoms. The third kappa shape index (κ3) is 2.91. The molecule has 6 nitrogen and oxygen atoms in total. The van der Waals surface area contributed by atoms with Crippen molar-refractivity contribution in [3.05, 3.63) is 23.8 Å². The second-order valence-electron chi connectivity index (χ2n) is 7.79. The summed E-state index contributed by atoms with van der Waals surface area (Å²) in [4.78, 5) is 4.62. The van der Waals surface area contributed by atoms with Crippen molar-refractivity contribution in [2.45, 2.75) is 79.8 Å². The van der Waals surface area contributed by atoms with E-state index in [2.05, 4.69) is 98.5 Å². The molecule has 1 aromatic carbocycles. The van der Waals surface area contributed by atoms with E-state index in [-0.39, 0.29) is 12.3 Å². The van der Waals surface area contributed by atoms with Gasteiger partial charge in [0.15, 0.2) is 0 Å². The number of hydrogen-bond acceptors (Lipinski definition) is 6. The maximum absolute atomic E-state index is 4.84. The van der Waals surface area contributed by atoms with Gasteiger partial charge in [-0.05, 0) is 73.1 Å². The van der Waals surface area contributed by atoms with Gasteiger partial charge in [0.05, 0.1) is 11.4 Å². The van der Waals surface area contributed by atoms with Crippen LogP contribution in [0.3, 0.4) is 0 Å². The van der Waals surface area contributed by atoms with Gasteiger partial charge in [0.25, 0.3) is 0 Å². The normalized spacial score (nSPS) is 23.1. The molecule has 142 valence electrons. The van der Waals surface area contributed by atoms with Gasteiger partial charge in [0, 0.05) is 12.1 Å². The first kappa shape index (κ1) is 18.5. The van der Waals surface area contributed by atoms with Gasteiger partial charge in [0.1, 0.15) is 24.5 Å². The number of hydrazone groups is 2. The Kier molecular flexibility index (Phi) is 4.86. The summed E-state index contributed by atoms with van der Waals surface area (Å²) >= 11 is 0. The molecule has 0 amide bonds. The first-order valence-corrected chi connectivity index (χ1v) is 9.57. The topological polar surface area (TPSA) is 37.7 Å². The molecule has 2 aliphatic heterocycles. The standard InChI is InChI=1S/C20H32N6/c1-13(2)23-12-21-25(17(23)7)19-10-9-11-20(15(19)5)26-18(8)24(14(3)4)16(6)22-26/h9-14,17-18H,1-8H3/t17-,18+/m0/s1. The van der Waals surface area contributed by atoms with Gasteiger partial charge in [-0.15, -0.1) is 0 Å². The fourth-order valence-electron chi connectivity index (χ4n) is 4.11. The second-order valence-corrected chi connectivity index (χ2v) is 7.79. The zero-order valence-electron chi connectivity index (χ0n) is 17.3. The minimum absolute atomic E-state index is 0.204. The minimum Gasteiger partial charge on any atom is -0.337 e. The molecule has 3 rings (SSSR count). The Morgan fingerprint density at radius 3 is 2.00 bits per heavy atom. The van der Waals surface area contributed by atoms with Crippen molar-refractivity contribution < 1.29 is 0 Å². The Bertz CT molecular complexity index is 723. The SMILES string of the molecule is CC1=NN(c2cccc(N3N=CN(C(C)C)[C@@H]3C)c2C)[C@H](C)N1C(C)C. The van der Waals surface area contributed by atoms with Crippen LogP contribution in [0.4, 0.5) is 11.4 Å². The van der Waals surface area contributed by atoms with Gasteiger partial charge in [-0.25, -0.2) is 10.0 Å². The number of amidine groups is 1. The van der Waals surface area contributed by atoms with E-state index >= 15 is 0 Å². The summed E-state index contributed by atoms with van der Waals surface area (Å²) in [5.41, 5.74) is 3.48. The van der Waals surface area contributed by atoms with Crippen LogP contribution in [0.15, 0.2) is 28.4 Å². The Morgan fingerprint density at radius 2 is 1.50 bits per heavy atom. The van der Waals surface area contributed by atoms with Gasteiger partial charge in [-0.3, -0.25) is 0 Å². The molecule has 2 heterocycles. The Balaban J connectivity index is 1.94. The largest absolute Gasteiger partial charge is 0.337 e. The predicted molar refractivity (Wildman–Crippen MR) is 111 cm³/mol. The van der Waals surface area contributed by atoms with Crippen molar-refractivity contribution in [3.63, 3.8) is 0 Å². The van der Waals surface area contributed by atoms with Crippen molar-refractivity contribution in [2.24, 2.45) is 10.2 Å². The molecule has 2 aliphatic rings. The van der Waals surface area contributed by atoms with E-state index in [1.807, 2.05) is 6.34 Å². The highest BCUT2D eigenvalue weighted by Gasteiger charge is 2.33. The zero-order chi connectivity index (χ0) is 19.2. The highest BCUT2D eigenvalue weighted by atomic mass is 15.6. The van der Waals surface area contributed by atoms with Crippen LogP contribution in [0, 0.1) is 6.92 Å². The van der Waals surface area contributed by atoms with Crippen LogP contribution in [0.5, 0.6) is 0 Å². The van der Waals surface area contributed by atoms with Crippen molar-refractivity contribution in [1.82, 2.24) is 9.80 Å². The van der Waals surface area contributed by atoms with Crippen LogP contribution in [0.25, 0.3) is 0 Å². The molecule has 0 radical (unpaired) electrons. The molecular weight excluding hydrogens is 324 g/mol. The average Bonchev–Trinajstić information content (AvgIpc) is 3.07. The Morgan fingerprint density at radius 1 is 0.885 bits per heavy atom. The van der Waals surface area contributed by atoms with Crippen LogP contribution >= 0.6 is 0 Å². The summed E-state index contributed by atoms with van der Waals surface area (Å²) in [5.74, 6) is 1.07. The summed E-state index contributed by atoms with van der Waals surface area (Å²) < 4.78 is 0. The predicted octanol–water partition coefficient (Wildman–Crippen LogP) is 4.02. The minimum atomic E-state index is 0.204. The third-order valence-electron chi connectivity index (χ3n) is 5.40. The molecule has 0 aromatic heterocycles. The quantitative estimate of drug-likeness (QED) is 0.816. The summed E-state index contributed by atoms with van der Waals surface area (Å²) in [6.07, 6.45) is 2.36. The lowest BCUT2D eigenvalue weighted by Crippen LogP contribution is -2.43. The van der Waals surface area contributed by atoms with E-state index in [1.54, 1.807) is 0 Å². The summed E-state index contributed by atoms with van der Waals surface area (Å²) in [6.45, 7) is 17.5. The first-order chi connectivity index (χ1) is 12.2. The zero-order valence-corrected chi connectivity index (χ0v) is 17.3. The highest BCUT2D eigenvalue weighted by Crippen LogP contribution is 2.36. The Hall–Kier alpha value is -2.24. The van der Waals surface area contributed by atoms with Crippen molar-refractivity contribution in [2.75, 3.05) is 10.0 Å². The lowest BCUT2D eigenvalue weighted by Gasteiger charge is -2.34. The van der Waals surface area contributed by atoms with Gasteiger partial charge in [-0.2, -0.15) is 10.2 Å². The molecule has 0 bridgehead atoms. The fourth-order valence-corrected chi connectivity index (χ4v) is 4.11. The molecule has 0 saturated carbocycles. The van der Waals surface area contributed by atoms with Gasteiger partial charge >= 0.3 is 0 Å². The maximum atomic E-state index is 4.84. The van der Waals surface area contributed by atoms with Gasteiger partial charge in [-0.1, -0.05) is 6.07 Å². The number of benzene rings is 1. The van der Waals surface area contributed by atoms with Gasteiger partial charge in [0.2, 0.25) is 0 Å². The van der Waals surface area contributed by atoms with Crippen molar-refractivity contribution in [3.8, 4) is 0 Å². The molecule has 0 spiro atoms. The molecule has 26 heavy (non-hydrogen) atoms. The molecule has 1 aromatic rings. The number of rotatable bonds is 4. The molecule has 0 saturated heterocycles. The van der Waals surface area contributed by atoms with E-state index in [1.165, 1.54) is 5.56 Å².